The summed E-state index contributed by atoms with van der Waals surface area (Å²) in [5.74, 6) is 0. The quantitative estimate of drug-likeness (QED) is 0.766. The predicted octanol–water partition coefficient (Wildman–Crippen LogP) is 1.77. The van der Waals surface area contributed by atoms with Gasteiger partial charge in [0, 0.05) is 12.1 Å². The van der Waals surface area contributed by atoms with Gasteiger partial charge in [-0.25, -0.2) is 0 Å². The Hall–Kier alpha value is -0.290. The molecule has 1 N–H and O–H groups in total. The Morgan fingerprint density at radius 2 is 2.00 bits per heavy atom. The van der Waals surface area contributed by atoms with Gasteiger partial charge in [-0.2, -0.15) is 13.2 Å². The van der Waals surface area contributed by atoms with Gasteiger partial charge < -0.3 is 5.32 Å². The maximum absolute atomic E-state index is 12.3. The van der Waals surface area contributed by atoms with E-state index in [2.05, 4.69) is 5.32 Å². The highest BCUT2D eigenvalue weighted by atomic mass is 19.4. The molecular formula is C10H17F3N2. The smallest absolute Gasteiger partial charge is 0.312 e. The summed E-state index contributed by atoms with van der Waals surface area (Å²) in [5, 5.41) is 3.31. The fourth-order valence-corrected chi connectivity index (χ4v) is 2.77. The zero-order chi connectivity index (χ0) is 10.9. The summed E-state index contributed by atoms with van der Waals surface area (Å²) in [7, 11) is 0. The van der Waals surface area contributed by atoms with Crippen molar-refractivity contribution < 1.29 is 13.2 Å². The summed E-state index contributed by atoms with van der Waals surface area (Å²) in [5.41, 5.74) is 0. The first kappa shape index (κ1) is 11.2. The third-order valence-corrected chi connectivity index (χ3v) is 3.36. The van der Waals surface area contributed by atoms with E-state index in [1.807, 2.05) is 0 Å². The second-order valence-corrected chi connectivity index (χ2v) is 4.50. The number of hydrogen-bond acceptors (Lipinski definition) is 2. The average molecular weight is 222 g/mol. The minimum absolute atomic E-state index is 0.106. The fourth-order valence-electron chi connectivity index (χ4n) is 2.77. The topological polar surface area (TPSA) is 15.3 Å². The van der Waals surface area contributed by atoms with Crippen LogP contribution in [0.4, 0.5) is 13.2 Å². The van der Waals surface area contributed by atoms with Gasteiger partial charge >= 0.3 is 6.18 Å². The molecule has 2 aliphatic rings. The first-order chi connectivity index (χ1) is 7.06. The van der Waals surface area contributed by atoms with Crippen LogP contribution in [0.1, 0.15) is 25.7 Å². The third-order valence-electron chi connectivity index (χ3n) is 3.36. The van der Waals surface area contributed by atoms with E-state index in [0.29, 0.717) is 6.54 Å². The van der Waals surface area contributed by atoms with Crippen LogP contribution in [-0.2, 0) is 0 Å². The van der Waals surface area contributed by atoms with Crippen LogP contribution >= 0.6 is 0 Å². The summed E-state index contributed by atoms with van der Waals surface area (Å²) in [6, 6.07) is 0.393. The predicted molar refractivity (Wildman–Crippen MR) is 51.7 cm³/mol. The van der Waals surface area contributed by atoms with Gasteiger partial charge in [0.25, 0.3) is 0 Å². The summed E-state index contributed by atoms with van der Waals surface area (Å²) >= 11 is 0. The number of hydrogen-bond donors (Lipinski definition) is 1. The minimum atomic E-state index is -4.05. The van der Waals surface area contributed by atoms with Crippen molar-refractivity contribution in [3.05, 3.63) is 0 Å². The Labute approximate surface area is 87.8 Å². The molecule has 0 aromatic heterocycles. The van der Waals surface area contributed by atoms with Crippen molar-refractivity contribution in [2.75, 3.05) is 19.6 Å². The first-order valence-corrected chi connectivity index (χ1v) is 5.60. The van der Waals surface area contributed by atoms with E-state index in [-0.39, 0.29) is 12.1 Å². The number of nitrogens with one attached hydrogen (secondary N) is 1. The van der Waals surface area contributed by atoms with Gasteiger partial charge in [0.15, 0.2) is 0 Å². The third kappa shape index (κ3) is 2.84. The summed E-state index contributed by atoms with van der Waals surface area (Å²) in [4.78, 5) is 1.60. The van der Waals surface area contributed by atoms with Crippen LogP contribution in [0.5, 0.6) is 0 Å². The van der Waals surface area contributed by atoms with Crippen LogP contribution in [0, 0.1) is 0 Å². The van der Waals surface area contributed by atoms with Crippen LogP contribution in [-0.4, -0.2) is 42.8 Å². The Balaban J connectivity index is 1.92. The molecule has 2 fully saturated rings. The zero-order valence-corrected chi connectivity index (χ0v) is 8.69. The van der Waals surface area contributed by atoms with E-state index in [4.69, 9.17) is 0 Å². The molecule has 0 radical (unpaired) electrons. The van der Waals surface area contributed by atoms with E-state index in [9.17, 15) is 13.2 Å². The maximum Gasteiger partial charge on any atom is 0.401 e. The van der Waals surface area contributed by atoms with Crippen LogP contribution in [0.25, 0.3) is 0 Å². The molecule has 0 spiro atoms. The minimum Gasteiger partial charge on any atom is -0.312 e. The van der Waals surface area contributed by atoms with E-state index in [0.717, 1.165) is 32.2 Å². The average Bonchev–Trinajstić information content (AvgIpc) is 2.68. The molecule has 2 rings (SSSR count). The Morgan fingerprint density at radius 1 is 1.20 bits per heavy atom. The molecule has 0 aromatic rings. The highest BCUT2D eigenvalue weighted by Gasteiger charge is 2.39. The molecule has 2 aliphatic heterocycles. The molecule has 2 nitrogen and oxygen atoms in total. The number of alkyl halides is 3. The molecule has 0 amide bonds. The van der Waals surface area contributed by atoms with Crippen molar-refractivity contribution in [1.82, 2.24) is 10.2 Å². The zero-order valence-electron chi connectivity index (χ0n) is 8.69. The Kier molecular flexibility index (Phi) is 3.21. The van der Waals surface area contributed by atoms with Crippen LogP contribution in [0.2, 0.25) is 0 Å². The summed E-state index contributed by atoms with van der Waals surface area (Å²) in [6.07, 6.45) is -0.117. The number of nitrogens with zero attached hydrogens (tertiary/aromatic N) is 1. The first-order valence-electron chi connectivity index (χ1n) is 5.60. The molecular weight excluding hydrogens is 205 g/mol. The van der Waals surface area contributed by atoms with Crippen molar-refractivity contribution in [3.63, 3.8) is 0 Å². The van der Waals surface area contributed by atoms with Crippen LogP contribution in [0.15, 0.2) is 0 Å². The highest BCUT2D eigenvalue weighted by molar-refractivity contribution is 4.92. The lowest BCUT2D eigenvalue weighted by atomic mass is 10.0. The molecule has 0 saturated carbocycles. The number of rotatable bonds is 2. The Morgan fingerprint density at radius 3 is 2.60 bits per heavy atom. The largest absolute Gasteiger partial charge is 0.401 e. The molecule has 2 atom stereocenters. The van der Waals surface area contributed by atoms with Crippen molar-refractivity contribution in [1.29, 1.82) is 0 Å². The molecule has 2 saturated heterocycles. The second kappa shape index (κ2) is 4.29. The second-order valence-electron chi connectivity index (χ2n) is 4.50. The van der Waals surface area contributed by atoms with E-state index < -0.39 is 12.7 Å². The fraction of sp³-hybridized carbons (Fsp3) is 1.00. The molecule has 2 heterocycles. The molecule has 88 valence electrons. The van der Waals surface area contributed by atoms with Crippen LogP contribution < -0.4 is 5.32 Å². The van der Waals surface area contributed by atoms with Crippen molar-refractivity contribution >= 4 is 0 Å². The van der Waals surface area contributed by atoms with E-state index >= 15 is 0 Å². The summed E-state index contributed by atoms with van der Waals surface area (Å²) in [6.45, 7) is 0.819. The Bertz CT molecular complexity index is 211. The molecule has 0 aromatic carbocycles. The molecule has 5 heteroatoms. The standard InChI is InChI=1S/C10H17F3N2/c11-10(12,13)7-15-6-2-4-9(15)8-3-1-5-14-8/h8-9,14H,1-7H2. The van der Waals surface area contributed by atoms with Crippen LogP contribution in [0.3, 0.4) is 0 Å². The molecule has 0 bridgehead atoms. The van der Waals surface area contributed by atoms with E-state index in [1.54, 1.807) is 4.90 Å². The van der Waals surface area contributed by atoms with Gasteiger partial charge in [0.2, 0.25) is 0 Å². The van der Waals surface area contributed by atoms with Gasteiger partial charge in [-0.3, -0.25) is 4.90 Å². The number of likely N-dealkylation sites (tertiary alicyclic amines) is 1. The summed E-state index contributed by atoms with van der Waals surface area (Å²) < 4.78 is 36.9. The van der Waals surface area contributed by atoms with Gasteiger partial charge in [0.05, 0.1) is 6.54 Å². The lowest BCUT2D eigenvalue weighted by molar-refractivity contribution is -0.148. The van der Waals surface area contributed by atoms with E-state index in [1.165, 1.54) is 0 Å². The van der Waals surface area contributed by atoms with Gasteiger partial charge in [-0.05, 0) is 38.8 Å². The lowest BCUT2D eigenvalue weighted by Crippen LogP contribution is -2.47. The van der Waals surface area contributed by atoms with Crippen molar-refractivity contribution in [3.8, 4) is 0 Å². The van der Waals surface area contributed by atoms with Gasteiger partial charge in [-0.15, -0.1) is 0 Å². The maximum atomic E-state index is 12.3. The number of halogens is 3. The van der Waals surface area contributed by atoms with Gasteiger partial charge in [-0.1, -0.05) is 0 Å². The van der Waals surface area contributed by atoms with Gasteiger partial charge in [0.1, 0.15) is 0 Å². The molecule has 15 heavy (non-hydrogen) atoms. The van der Waals surface area contributed by atoms with Crippen molar-refractivity contribution in [2.24, 2.45) is 0 Å². The lowest BCUT2D eigenvalue weighted by Gasteiger charge is -2.29. The SMILES string of the molecule is FC(F)(F)CN1CCCC1C1CCCN1. The highest BCUT2D eigenvalue weighted by Crippen LogP contribution is 2.28. The monoisotopic (exact) mass is 222 g/mol. The van der Waals surface area contributed by atoms with Crippen molar-refractivity contribution in [2.45, 2.75) is 43.9 Å². The molecule has 0 aliphatic carbocycles. The normalized spacial score (nSPS) is 33.8. The molecule has 2 unspecified atom stereocenters.